The Morgan fingerprint density at radius 1 is 1.43 bits per heavy atom. The highest BCUT2D eigenvalue weighted by molar-refractivity contribution is 5.76. The third kappa shape index (κ3) is 4.75. The van der Waals surface area contributed by atoms with E-state index in [0.717, 1.165) is 19.2 Å². The molecule has 0 bridgehead atoms. The van der Waals surface area contributed by atoms with E-state index < -0.39 is 124 Å². The van der Waals surface area contributed by atoms with E-state index in [4.69, 9.17) is 48.7 Å². The number of benzene rings is 1. The number of nitrogens with zero attached hydrogens (tertiary/aromatic N) is 1. The molecule has 2 heterocycles. The van der Waals surface area contributed by atoms with E-state index in [1.807, 2.05) is 0 Å². The number of rotatable bonds is 7. The summed E-state index contributed by atoms with van der Waals surface area (Å²) in [6, 6.07) is -4.99. The summed E-state index contributed by atoms with van der Waals surface area (Å²) >= 11 is 0. The van der Waals surface area contributed by atoms with E-state index in [0.29, 0.717) is 11.8 Å². The van der Waals surface area contributed by atoms with Crippen LogP contribution in [-0.2, 0) is 15.9 Å². The van der Waals surface area contributed by atoms with E-state index in [9.17, 15) is 6.17 Å². The number of hydrogen-bond acceptors (Lipinski definition) is 6. The molecule has 0 amide bonds. The minimum atomic E-state index is -4.10. The van der Waals surface area contributed by atoms with Crippen molar-refractivity contribution in [2.24, 2.45) is 23.4 Å². The second-order valence-electron chi connectivity index (χ2n) is 6.76. The van der Waals surface area contributed by atoms with Crippen LogP contribution in [0.4, 0.5) is 0 Å². The Morgan fingerprint density at radius 3 is 2.93 bits per heavy atom. The lowest BCUT2D eigenvalue weighted by molar-refractivity contribution is -0.160. The van der Waals surface area contributed by atoms with Crippen molar-refractivity contribution in [2.45, 2.75) is 64.8 Å². The number of piperidine rings is 1. The van der Waals surface area contributed by atoms with Crippen LogP contribution in [0.25, 0.3) is 0 Å². The van der Waals surface area contributed by atoms with E-state index in [2.05, 4.69) is 0 Å². The van der Waals surface area contributed by atoms with Gasteiger partial charge in [0.2, 0.25) is 0 Å². The molecule has 4 unspecified atom stereocenters. The van der Waals surface area contributed by atoms with Gasteiger partial charge in [-0.1, -0.05) is 27.5 Å². The van der Waals surface area contributed by atoms with Crippen LogP contribution in [0.2, 0.25) is 0 Å². The number of fused-ring (bicyclic) bond motifs is 3. The molecule has 6 heteroatoms. The lowest BCUT2D eigenvalue weighted by atomic mass is 9.79. The fourth-order valence-corrected chi connectivity index (χ4v) is 3.35. The molecule has 3 rings (SSSR count). The van der Waals surface area contributed by atoms with Crippen molar-refractivity contribution in [2.75, 3.05) is 27.2 Å². The minimum Gasteiger partial charge on any atom is -0.493 e. The summed E-state index contributed by atoms with van der Waals surface area (Å²) in [6.07, 6.45) is -10.0. The van der Waals surface area contributed by atoms with Crippen LogP contribution in [0.3, 0.4) is 0 Å². The van der Waals surface area contributed by atoms with Gasteiger partial charge in [0, 0.05) is 54.7 Å². The lowest BCUT2D eigenvalue weighted by Crippen LogP contribution is -2.51. The van der Waals surface area contributed by atoms with E-state index in [1.165, 1.54) is 0 Å². The summed E-state index contributed by atoms with van der Waals surface area (Å²) in [7, 11) is -2.07. The molecular weight excluding hydrogens is 380 g/mol. The Labute approximate surface area is 211 Å². The van der Waals surface area contributed by atoms with Crippen molar-refractivity contribution in [1.82, 2.24) is 4.90 Å². The Morgan fingerprint density at radius 2 is 2.23 bits per heavy atom. The molecule has 0 aliphatic carbocycles. The van der Waals surface area contributed by atoms with Crippen molar-refractivity contribution in [3.05, 3.63) is 23.3 Å². The maximum absolute atomic E-state index is 13.7. The molecule has 0 saturated carbocycles. The molecule has 1 aromatic rings. The monoisotopic (exact) mass is 440 g/mol. The molecule has 1 fully saturated rings. The maximum atomic E-state index is 13.7. The van der Waals surface area contributed by atoms with Gasteiger partial charge in [-0.25, -0.2) is 0 Å². The van der Waals surface area contributed by atoms with Crippen LogP contribution in [0, 0.1) is 17.7 Å². The van der Waals surface area contributed by atoms with Gasteiger partial charge in [0.25, 0.3) is 0 Å². The average Bonchev–Trinajstić information content (AvgIpc) is 2.92. The van der Waals surface area contributed by atoms with Crippen LogP contribution < -0.4 is 15.2 Å². The zero-order valence-electron chi connectivity index (χ0n) is 38.4. The first-order chi connectivity index (χ1) is 22.7. The van der Waals surface area contributed by atoms with Crippen molar-refractivity contribution in [1.29, 1.82) is 0 Å². The van der Waals surface area contributed by atoms with Crippen LogP contribution >= 0.6 is 0 Å². The fourth-order valence-electron chi connectivity index (χ4n) is 3.35. The fraction of sp³-hybridized carbons (Fsp3) is 0.708. The SMILES string of the molecule is [2H]C([2H])([2H])Oc1cc2c(cc1OC)C1([2H])CC(OC(=O)[C@@]([2H])(N)C([2H])(C([2H])([2H])[2H])C([2H])([2H])[2H])C(C([2H])([2H])C([2H])(C)C([2H])([2H])[2H])CN1C([2H])([2H])C2([2H])[2H]. The summed E-state index contributed by atoms with van der Waals surface area (Å²) in [5.41, 5.74) is 4.53. The number of esters is 1. The second kappa shape index (κ2) is 9.56. The summed E-state index contributed by atoms with van der Waals surface area (Å²) in [4.78, 5) is 14.2. The summed E-state index contributed by atoms with van der Waals surface area (Å²) < 4.78 is 196. The van der Waals surface area contributed by atoms with Crippen LogP contribution in [0.5, 0.6) is 11.5 Å². The number of hydrogen-bond donors (Lipinski definition) is 1. The largest absolute Gasteiger partial charge is 0.493 e. The van der Waals surface area contributed by atoms with Gasteiger partial charge in [-0.15, -0.1) is 0 Å². The molecule has 0 spiro atoms. The molecule has 6 nitrogen and oxygen atoms in total. The van der Waals surface area contributed by atoms with E-state index in [1.54, 1.807) is 0 Å². The highest BCUT2D eigenvalue weighted by Crippen LogP contribution is 2.44. The van der Waals surface area contributed by atoms with Gasteiger partial charge in [0.15, 0.2) is 11.5 Å². The molecule has 1 aromatic carbocycles. The molecule has 2 aliphatic rings. The van der Waals surface area contributed by atoms with Gasteiger partial charge < -0.3 is 19.9 Å². The minimum absolute atomic E-state index is 0.409. The van der Waals surface area contributed by atoms with Crippen molar-refractivity contribution < 1.29 is 49.2 Å². The first kappa shape index (κ1) is 7.66. The van der Waals surface area contributed by atoms with Gasteiger partial charge in [0.1, 0.15) is 12.1 Å². The third-order valence-corrected chi connectivity index (χ3v) is 4.75. The first-order valence-corrected chi connectivity index (χ1v) is 8.91. The summed E-state index contributed by atoms with van der Waals surface area (Å²) in [5, 5.41) is 0. The number of carbonyl (C=O) groups excluding carboxylic acids is 1. The molecular formula is C24H38N2O4. The zero-order valence-corrected chi connectivity index (χ0v) is 16.4. The predicted molar refractivity (Wildman–Crippen MR) is 118 cm³/mol. The van der Waals surface area contributed by atoms with Gasteiger partial charge in [-0.2, -0.15) is 0 Å². The Bertz CT molecular complexity index is 1530. The zero-order chi connectivity index (χ0) is 41.1. The summed E-state index contributed by atoms with van der Waals surface area (Å²) in [5.74, 6) is -12.7. The van der Waals surface area contributed by atoms with Crippen molar-refractivity contribution in [3.63, 3.8) is 0 Å². The van der Waals surface area contributed by atoms with Crippen LogP contribution in [0.1, 0.15) is 87.6 Å². The van der Waals surface area contributed by atoms with Crippen LogP contribution in [0.15, 0.2) is 12.1 Å². The highest BCUT2D eigenvalue weighted by Gasteiger charge is 2.41. The van der Waals surface area contributed by atoms with Crippen molar-refractivity contribution >= 4 is 5.97 Å². The average molecular weight is 441 g/mol. The molecule has 168 valence electrons. The van der Waals surface area contributed by atoms with Gasteiger partial charge in [-0.3, -0.25) is 9.69 Å². The predicted octanol–water partition coefficient (Wildman–Crippen LogP) is 3.56. The van der Waals surface area contributed by atoms with Gasteiger partial charge in [0.05, 0.1) is 21.0 Å². The number of aryl methyl sites for hydroxylation is 1. The third-order valence-electron chi connectivity index (χ3n) is 4.75. The molecule has 2 aliphatic heterocycles. The molecule has 0 aromatic heterocycles. The van der Waals surface area contributed by atoms with E-state index >= 15 is 0 Å². The quantitative estimate of drug-likeness (QED) is 0.654. The second-order valence-corrected chi connectivity index (χ2v) is 6.76. The lowest BCUT2D eigenvalue weighted by Gasteiger charge is -2.47. The summed E-state index contributed by atoms with van der Waals surface area (Å²) in [6.45, 7) is -15.3. The Hall–Kier alpha value is -1.79. The number of carbonyl (C=O) groups is 1. The molecule has 0 radical (unpaired) electrons. The van der Waals surface area contributed by atoms with Crippen molar-refractivity contribution in [3.8, 4) is 11.5 Å². The van der Waals surface area contributed by atoms with E-state index in [-0.39, 0.29) is 0 Å². The normalized spacial score (nSPS) is 47.0. The standard InChI is InChI=1S/C24H38N2O4/c1-14(2)9-17-13-26-8-7-16-10-21(28-5)22(29-6)11-18(16)19(26)12-20(17)30-24(27)23(25)15(3)4/h10-11,14-15,17,19-20,23H,7-9,12-13,25H2,1-6H3/t17?,19?,20?,23-/m0/s1/i1D3,3D3,4D3,5D3,7D2,8D2,9D2,14D,15D,19D,23D/t14?,17?,19?,20?,23-. The van der Waals surface area contributed by atoms with Crippen LogP contribution in [-0.4, -0.2) is 50.2 Å². The number of ether oxygens (including phenoxy) is 3. The smallest absolute Gasteiger partial charge is 0.323 e. The molecule has 5 atom stereocenters. The molecule has 1 saturated heterocycles. The first-order valence-electron chi connectivity index (χ1n) is 19.9. The highest BCUT2D eigenvalue weighted by atomic mass is 16.5. The Kier molecular flexibility index (Phi) is 2.44. The number of nitrogens with two attached hydrogens (primary N) is 1. The Balaban J connectivity index is 2.39. The molecule has 30 heavy (non-hydrogen) atoms. The maximum Gasteiger partial charge on any atom is 0.323 e. The van der Waals surface area contributed by atoms with Gasteiger partial charge >= 0.3 is 5.97 Å². The van der Waals surface area contributed by atoms with Gasteiger partial charge in [-0.05, 0) is 47.8 Å². The number of methoxy groups -OCH3 is 2. The topological polar surface area (TPSA) is 74.0 Å². The molecule has 2 N–H and O–H groups in total.